The summed E-state index contributed by atoms with van der Waals surface area (Å²) in [5.41, 5.74) is 25.4. The fourth-order valence-corrected chi connectivity index (χ4v) is 4.39. The molecule has 8 N–H and O–H groups in total. The van der Waals surface area contributed by atoms with Crippen molar-refractivity contribution in [3.63, 3.8) is 0 Å². The van der Waals surface area contributed by atoms with Crippen molar-refractivity contribution in [3.8, 4) is 12.1 Å². The summed E-state index contributed by atoms with van der Waals surface area (Å²) < 4.78 is 0. The van der Waals surface area contributed by atoms with Crippen molar-refractivity contribution in [2.45, 2.75) is 20.5 Å². The molecule has 26 heavy (non-hydrogen) atoms. The maximum Gasteiger partial charge on any atom is 0.0892 e. The number of hydrogen-bond acceptors (Lipinski definition) is 8. The molecule has 0 aromatic heterocycles. The molecule has 0 saturated carbocycles. The van der Waals surface area contributed by atoms with Crippen molar-refractivity contribution >= 4 is 34.9 Å². The molecule has 0 fully saturated rings. The van der Waals surface area contributed by atoms with Crippen molar-refractivity contribution in [2.24, 2.45) is 23.3 Å². The van der Waals surface area contributed by atoms with Gasteiger partial charge in [-0.05, 0) is 24.3 Å². The van der Waals surface area contributed by atoms with Gasteiger partial charge in [0.15, 0.2) is 0 Å². The van der Waals surface area contributed by atoms with Gasteiger partial charge in [0, 0.05) is 21.2 Å². The van der Waals surface area contributed by atoms with Crippen LogP contribution in [0.25, 0.3) is 0 Å². The van der Waals surface area contributed by atoms with E-state index < -0.39 is 22.6 Å². The van der Waals surface area contributed by atoms with Crippen LogP contribution in [-0.4, -0.2) is 10.7 Å². The maximum atomic E-state index is 9.60. The minimum absolute atomic E-state index is 0.578. The van der Waals surface area contributed by atoms with Gasteiger partial charge in [-0.3, -0.25) is 0 Å². The van der Waals surface area contributed by atoms with E-state index in [2.05, 4.69) is 12.1 Å². The molecular formula is C18H20N6S2. The van der Waals surface area contributed by atoms with Crippen LogP contribution >= 0.6 is 23.5 Å². The third kappa shape index (κ3) is 4.84. The van der Waals surface area contributed by atoms with Crippen LogP contribution in [0.15, 0.2) is 58.3 Å². The Hall–Kier alpha value is -2.36. The summed E-state index contributed by atoms with van der Waals surface area (Å²) in [6.45, 7) is 0. The predicted octanol–water partition coefficient (Wildman–Crippen LogP) is 2.58. The first-order chi connectivity index (χ1) is 12.5. The van der Waals surface area contributed by atoms with Crippen LogP contribution in [0.5, 0.6) is 0 Å². The molecule has 2 rings (SSSR count). The quantitative estimate of drug-likeness (QED) is 0.323. The van der Waals surface area contributed by atoms with E-state index in [9.17, 15) is 10.5 Å². The van der Waals surface area contributed by atoms with Gasteiger partial charge in [0.25, 0.3) is 0 Å². The van der Waals surface area contributed by atoms with Gasteiger partial charge in [-0.1, -0.05) is 24.3 Å². The molecule has 2 aromatic carbocycles. The number of hydrogen-bond donors (Lipinski definition) is 4. The highest BCUT2D eigenvalue weighted by Gasteiger charge is 2.33. The van der Waals surface area contributed by atoms with Gasteiger partial charge >= 0.3 is 0 Å². The Balaban J connectivity index is 2.15. The number of nitrogen functional groups attached to an aromatic ring is 2. The molecule has 0 radical (unpaired) electrons. The van der Waals surface area contributed by atoms with E-state index >= 15 is 0 Å². The summed E-state index contributed by atoms with van der Waals surface area (Å²) in [6.07, 6.45) is 0. The van der Waals surface area contributed by atoms with Crippen LogP contribution < -0.4 is 22.9 Å². The lowest BCUT2D eigenvalue weighted by Gasteiger charge is -2.26. The second-order valence-electron chi connectivity index (χ2n) is 5.55. The summed E-state index contributed by atoms with van der Waals surface area (Å²) in [6, 6.07) is 18.8. The predicted molar refractivity (Wildman–Crippen MR) is 108 cm³/mol. The fourth-order valence-electron chi connectivity index (χ4n) is 2.33. The van der Waals surface area contributed by atoms with Gasteiger partial charge in [-0.2, -0.15) is 10.5 Å². The minimum atomic E-state index is -0.767. The lowest BCUT2D eigenvalue weighted by Crippen LogP contribution is -2.39. The number of rotatable bonds is 7. The molecule has 0 aliphatic carbocycles. The van der Waals surface area contributed by atoms with Gasteiger partial charge in [-0.15, -0.1) is 23.5 Å². The SMILES string of the molecule is N#CC(C(N)Sc1ccccc1N)C(C#N)C(N)Sc1ccccc1N. The lowest BCUT2D eigenvalue weighted by molar-refractivity contribution is 0.472. The van der Waals surface area contributed by atoms with E-state index in [0.717, 1.165) is 9.79 Å². The molecule has 8 heteroatoms. The summed E-state index contributed by atoms with van der Waals surface area (Å²) in [5.74, 6) is -1.53. The normalized spacial score (nSPS) is 15.2. The molecule has 134 valence electrons. The number of anilines is 2. The fraction of sp³-hybridized carbons (Fsp3) is 0.222. The number of benzene rings is 2. The van der Waals surface area contributed by atoms with E-state index in [4.69, 9.17) is 22.9 Å². The Bertz CT molecular complexity index is 759. The van der Waals surface area contributed by atoms with E-state index in [1.165, 1.54) is 23.5 Å². The monoisotopic (exact) mass is 384 g/mol. The van der Waals surface area contributed by atoms with Gasteiger partial charge in [-0.25, -0.2) is 0 Å². The molecule has 2 aromatic rings. The van der Waals surface area contributed by atoms with E-state index in [0.29, 0.717) is 11.4 Å². The van der Waals surface area contributed by atoms with Gasteiger partial charge in [0.2, 0.25) is 0 Å². The number of para-hydroxylation sites is 2. The molecule has 4 atom stereocenters. The highest BCUT2D eigenvalue weighted by molar-refractivity contribution is 8.00. The van der Waals surface area contributed by atoms with Crippen molar-refractivity contribution in [1.29, 1.82) is 10.5 Å². The standard InChI is InChI=1S/C18H20N6S2/c19-9-11(17(23)25-15-7-3-1-5-13(15)21)12(10-20)18(24)26-16-8-4-2-6-14(16)22/h1-8,11-12,17-18H,21-24H2. The van der Waals surface area contributed by atoms with E-state index in [-0.39, 0.29) is 0 Å². The molecule has 0 saturated heterocycles. The summed E-state index contributed by atoms with van der Waals surface area (Å²) in [5, 5.41) is 17.9. The molecule has 0 aliphatic rings. The topological polar surface area (TPSA) is 152 Å². The van der Waals surface area contributed by atoms with Gasteiger partial charge in [0.05, 0.1) is 34.7 Å². The molecule has 6 nitrogen and oxygen atoms in total. The number of nitrogens with zero attached hydrogens (tertiary/aromatic N) is 2. The summed E-state index contributed by atoms with van der Waals surface area (Å²) in [4.78, 5) is 1.54. The molecule has 4 unspecified atom stereocenters. The minimum Gasteiger partial charge on any atom is -0.398 e. The number of nitriles is 2. The Kier molecular flexibility index (Phi) is 7.19. The highest BCUT2D eigenvalue weighted by atomic mass is 32.2. The van der Waals surface area contributed by atoms with E-state index in [1.807, 2.05) is 36.4 Å². The Morgan fingerprint density at radius 3 is 1.35 bits per heavy atom. The second-order valence-corrected chi connectivity index (χ2v) is 7.99. The highest BCUT2D eigenvalue weighted by Crippen LogP contribution is 2.36. The Labute approximate surface area is 161 Å². The average Bonchev–Trinajstić information content (AvgIpc) is 2.63. The molecule has 0 spiro atoms. The molecule has 0 aliphatic heterocycles. The summed E-state index contributed by atoms with van der Waals surface area (Å²) in [7, 11) is 0. The zero-order valence-corrected chi connectivity index (χ0v) is 15.6. The third-order valence-corrected chi connectivity index (χ3v) is 6.14. The molecule has 0 bridgehead atoms. The first-order valence-corrected chi connectivity index (χ1v) is 9.56. The largest absolute Gasteiger partial charge is 0.398 e. The van der Waals surface area contributed by atoms with Gasteiger partial charge < -0.3 is 22.9 Å². The first kappa shape index (κ1) is 20.0. The van der Waals surface area contributed by atoms with E-state index in [1.54, 1.807) is 12.1 Å². The Morgan fingerprint density at radius 1 is 0.692 bits per heavy atom. The van der Waals surface area contributed by atoms with Crippen molar-refractivity contribution in [2.75, 3.05) is 11.5 Å². The van der Waals surface area contributed by atoms with Crippen molar-refractivity contribution in [3.05, 3.63) is 48.5 Å². The second kappa shape index (κ2) is 9.37. The average molecular weight is 385 g/mol. The zero-order valence-electron chi connectivity index (χ0n) is 13.9. The van der Waals surface area contributed by atoms with Crippen LogP contribution in [0, 0.1) is 34.5 Å². The van der Waals surface area contributed by atoms with Crippen LogP contribution in [0.4, 0.5) is 11.4 Å². The van der Waals surface area contributed by atoms with Crippen LogP contribution in [0.1, 0.15) is 0 Å². The third-order valence-electron chi connectivity index (χ3n) is 3.76. The first-order valence-electron chi connectivity index (χ1n) is 7.80. The lowest BCUT2D eigenvalue weighted by atomic mass is 9.94. The van der Waals surface area contributed by atoms with Crippen LogP contribution in [0.2, 0.25) is 0 Å². The van der Waals surface area contributed by atoms with Crippen molar-refractivity contribution in [1.82, 2.24) is 0 Å². The van der Waals surface area contributed by atoms with Crippen molar-refractivity contribution < 1.29 is 0 Å². The molecule has 0 amide bonds. The Morgan fingerprint density at radius 2 is 1.04 bits per heavy atom. The van der Waals surface area contributed by atoms with Crippen LogP contribution in [0.3, 0.4) is 0 Å². The van der Waals surface area contributed by atoms with Gasteiger partial charge in [0.1, 0.15) is 0 Å². The molecular weight excluding hydrogens is 364 g/mol. The van der Waals surface area contributed by atoms with Crippen LogP contribution in [-0.2, 0) is 0 Å². The number of thioether (sulfide) groups is 2. The summed E-state index contributed by atoms with van der Waals surface area (Å²) >= 11 is 2.53. The number of nitrogens with two attached hydrogens (primary N) is 4. The molecule has 0 heterocycles. The zero-order chi connectivity index (χ0) is 19.1. The maximum absolute atomic E-state index is 9.60. The smallest absolute Gasteiger partial charge is 0.0892 e.